The monoisotopic (exact) mass is 798 g/mol. The number of hydroxylamine groups is 1. The number of carbonyl (C=O) groups is 2. The number of ether oxygens (including phenoxy) is 5. The number of methoxy groups -OCH3 is 5. The zero-order valence-electron chi connectivity index (χ0n) is 23.2. The van der Waals surface area contributed by atoms with E-state index in [1.807, 2.05) is 0 Å². The minimum absolute atomic E-state index is 0. The summed E-state index contributed by atoms with van der Waals surface area (Å²) in [6.07, 6.45) is -0.381. The zero-order chi connectivity index (χ0) is 30.1. The summed E-state index contributed by atoms with van der Waals surface area (Å²) < 4.78 is 51.2. The molecule has 1 unspecified atom stereocenters. The molecular formula is C24H30Br2CaCl2F2NO10+. The van der Waals surface area contributed by atoms with E-state index in [4.69, 9.17) is 19.7 Å². The molecule has 2 rings (SSSR count). The number of halogens is 6. The molecule has 0 aliphatic rings. The van der Waals surface area contributed by atoms with E-state index in [2.05, 4.69) is 46.1 Å². The van der Waals surface area contributed by atoms with Crippen LogP contribution in [-0.4, -0.2) is 124 Å². The van der Waals surface area contributed by atoms with Gasteiger partial charge >= 0.3 is 49.7 Å². The van der Waals surface area contributed by atoms with Gasteiger partial charge in [0.2, 0.25) is 6.54 Å². The zero-order valence-corrected chi connectivity index (χ0v) is 30.1. The van der Waals surface area contributed by atoms with E-state index in [0.717, 1.165) is 6.21 Å². The molecule has 3 N–H and O–H groups in total. The SMILES string of the molecule is COC(=O)/C=[N+](\O)Cc1c(F)ccc(Br)c1OC.COC(=O)C(O)OC.COc1c(Br)ccc(F)c1CCO.[Ca+2].[Cl-].[Cl-]. The number of nitrogens with zero attached hydrogens (tertiary/aromatic N) is 1. The molecule has 0 saturated heterocycles. The van der Waals surface area contributed by atoms with Gasteiger partial charge in [0.25, 0.3) is 12.5 Å². The van der Waals surface area contributed by atoms with Gasteiger partial charge in [-0.15, -0.1) is 0 Å². The number of benzene rings is 2. The quantitative estimate of drug-likeness (QED) is 0.0448. The van der Waals surface area contributed by atoms with Gasteiger partial charge < -0.3 is 58.7 Å². The van der Waals surface area contributed by atoms with Crippen LogP contribution in [0.4, 0.5) is 8.78 Å². The Hall–Kier alpha value is -1.01. The van der Waals surface area contributed by atoms with Crippen LogP contribution in [0.5, 0.6) is 11.5 Å². The van der Waals surface area contributed by atoms with Crippen LogP contribution in [0.1, 0.15) is 11.1 Å². The second kappa shape index (κ2) is 26.4. The average molecular weight is 801 g/mol. The van der Waals surface area contributed by atoms with Crippen molar-refractivity contribution in [3.05, 3.63) is 56.0 Å². The molecule has 0 fully saturated rings. The molecule has 11 nitrogen and oxygen atoms in total. The van der Waals surface area contributed by atoms with Crippen molar-refractivity contribution in [2.24, 2.45) is 0 Å². The fraction of sp³-hybridized carbons (Fsp3) is 0.375. The number of carbonyl (C=O) groups excluding carboxylic acids is 2. The number of aliphatic hydroxyl groups is 2. The van der Waals surface area contributed by atoms with Crippen molar-refractivity contribution >= 4 is 87.8 Å². The molecule has 0 aliphatic carbocycles. The fourth-order valence-corrected chi connectivity index (χ4v) is 3.73. The van der Waals surface area contributed by atoms with Crippen LogP contribution in [0.25, 0.3) is 0 Å². The fourth-order valence-electron chi connectivity index (χ4n) is 2.66. The van der Waals surface area contributed by atoms with E-state index in [1.165, 1.54) is 53.7 Å². The smallest absolute Gasteiger partial charge is 1.00 e. The molecule has 0 aliphatic heterocycles. The summed E-state index contributed by atoms with van der Waals surface area (Å²) in [6.45, 7) is -0.340. The first-order valence-electron chi connectivity index (χ1n) is 10.7. The summed E-state index contributed by atoms with van der Waals surface area (Å²) in [5.74, 6) is -1.72. The maximum Gasteiger partial charge on any atom is 2.00 e. The van der Waals surface area contributed by atoms with Crippen LogP contribution >= 0.6 is 31.9 Å². The van der Waals surface area contributed by atoms with Crippen LogP contribution in [0.3, 0.4) is 0 Å². The van der Waals surface area contributed by atoms with Gasteiger partial charge in [0, 0.05) is 25.7 Å². The van der Waals surface area contributed by atoms with Crippen LogP contribution < -0.4 is 34.3 Å². The Morgan fingerprint density at radius 1 is 0.905 bits per heavy atom. The van der Waals surface area contributed by atoms with Gasteiger partial charge in [-0.3, -0.25) is 5.21 Å². The Bertz CT molecular complexity index is 1140. The molecule has 234 valence electrons. The van der Waals surface area contributed by atoms with Gasteiger partial charge in [-0.05, 0) is 60.9 Å². The summed E-state index contributed by atoms with van der Waals surface area (Å²) >= 11 is 6.44. The molecule has 0 aromatic heterocycles. The Kier molecular flexibility index (Phi) is 30.1. The molecule has 42 heavy (non-hydrogen) atoms. The number of aliphatic hydroxyl groups excluding tert-OH is 2. The van der Waals surface area contributed by atoms with E-state index >= 15 is 0 Å². The van der Waals surface area contributed by atoms with Crippen molar-refractivity contribution in [3.63, 3.8) is 0 Å². The molecule has 0 heterocycles. The summed E-state index contributed by atoms with van der Waals surface area (Å²) in [5.41, 5.74) is 0.522. The predicted octanol–water partition coefficient (Wildman–Crippen LogP) is -3.37. The standard InChI is InChI=1S/C11H12BrFNO4.C9H10BrFO2.C4H8O4.Ca.2ClH/c1-17-10(15)6-14(16)5-7-9(13)4-3-8(12)11(7)18-2;1-13-9-6(4-5-12)8(11)3-2-7(9)10;1-7-3(5)4(6)8-2;;;/h3-4,6,16H,5H2,1-2H3;2-3,12H,4-5H2,1H3;3,5H,1-2H3;;2*1H/q+1;;;+2;;/p-2/b14-6-;;;;;. The largest absolute Gasteiger partial charge is 2.00 e. The van der Waals surface area contributed by atoms with Gasteiger partial charge in [0.15, 0.2) is 0 Å². The van der Waals surface area contributed by atoms with Gasteiger partial charge in [-0.25, -0.2) is 18.4 Å². The van der Waals surface area contributed by atoms with Crippen molar-refractivity contribution < 1.29 is 87.0 Å². The minimum atomic E-state index is -1.44. The second-order valence-electron chi connectivity index (χ2n) is 6.92. The van der Waals surface area contributed by atoms with Crippen molar-refractivity contribution in [2.75, 3.05) is 42.2 Å². The average Bonchev–Trinajstić information content (AvgIpc) is 2.92. The Labute approximate surface area is 301 Å². The third-order valence-corrected chi connectivity index (χ3v) is 5.73. The third-order valence-electron chi connectivity index (χ3n) is 4.48. The van der Waals surface area contributed by atoms with Crippen LogP contribution in [-0.2, 0) is 36.8 Å². The Morgan fingerprint density at radius 2 is 1.36 bits per heavy atom. The topological polar surface area (TPSA) is 144 Å². The van der Waals surface area contributed by atoms with Gasteiger partial charge in [0.1, 0.15) is 23.1 Å². The predicted molar refractivity (Wildman–Crippen MR) is 147 cm³/mol. The Morgan fingerprint density at radius 3 is 1.71 bits per heavy atom. The van der Waals surface area contributed by atoms with Crippen LogP contribution in [0.15, 0.2) is 33.2 Å². The maximum atomic E-state index is 13.6. The van der Waals surface area contributed by atoms with Gasteiger partial charge in [0.05, 0.1) is 42.9 Å². The number of hydrogen-bond donors (Lipinski definition) is 3. The molecule has 0 amide bonds. The molecule has 0 radical (unpaired) electrons. The molecule has 0 bridgehead atoms. The van der Waals surface area contributed by atoms with Crippen molar-refractivity contribution in [3.8, 4) is 11.5 Å². The van der Waals surface area contributed by atoms with Crippen molar-refractivity contribution in [1.82, 2.24) is 0 Å². The molecule has 1 atom stereocenters. The van der Waals surface area contributed by atoms with E-state index in [-0.39, 0.29) is 99.3 Å². The maximum absolute atomic E-state index is 13.6. The van der Waals surface area contributed by atoms with Gasteiger partial charge in [-0.2, -0.15) is 0 Å². The number of rotatable bonds is 9. The first-order chi connectivity index (χ1) is 18.4. The first-order valence-corrected chi connectivity index (χ1v) is 12.3. The van der Waals surface area contributed by atoms with Crippen molar-refractivity contribution in [1.29, 1.82) is 0 Å². The molecule has 18 heteroatoms. The Balaban J connectivity index is -0.000000267. The van der Waals surface area contributed by atoms with E-state index < -0.39 is 24.0 Å². The first kappa shape index (κ1) is 47.9. The van der Waals surface area contributed by atoms with E-state index in [9.17, 15) is 23.6 Å². The summed E-state index contributed by atoms with van der Waals surface area (Å²) in [7, 11) is 6.41. The van der Waals surface area contributed by atoms with E-state index in [1.54, 1.807) is 6.07 Å². The second-order valence-corrected chi connectivity index (χ2v) is 8.63. The van der Waals surface area contributed by atoms with Crippen molar-refractivity contribution in [2.45, 2.75) is 19.3 Å². The summed E-state index contributed by atoms with van der Waals surface area (Å²) in [4.78, 5) is 21.1. The molecule has 0 spiro atoms. The minimum Gasteiger partial charge on any atom is -1.00 e. The molecule has 2 aromatic rings. The number of hydrogen-bond acceptors (Lipinski definition) is 10. The molecule has 0 saturated carbocycles. The van der Waals surface area contributed by atoms with Crippen LogP contribution in [0.2, 0.25) is 0 Å². The summed E-state index contributed by atoms with van der Waals surface area (Å²) in [6, 6.07) is 5.64. The molecule has 2 aromatic carbocycles. The number of esters is 2. The van der Waals surface area contributed by atoms with Gasteiger partial charge in [-0.1, -0.05) is 0 Å². The third kappa shape index (κ3) is 16.7. The summed E-state index contributed by atoms with van der Waals surface area (Å²) in [5, 5.41) is 26.6. The van der Waals surface area contributed by atoms with E-state index in [0.29, 0.717) is 25.0 Å². The normalized spacial score (nSPS) is 10.4. The van der Waals surface area contributed by atoms with Crippen LogP contribution in [0, 0.1) is 11.6 Å². The molecular weight excluding hydrogens is 771 g/mol.